The largest absolute Gasteiger partial charge is 0.389 e. The third-order valence-electron chi connectivity index (χ3n) is 4.33. The summed E-state index contributed by atoms with van der Waals surface area (Å²) in [5.41, 5.74) is 0. The molecule has 1 saturated carbocycles. The van der Waals surface area contributed by atoms with Gasteiger partial charge < -0.3 is 25.4 Å². The Balaban J connectivity index is 1.59. The molecule has 3 N–H and O–H groups in total. The second-order valence-electron chi connectivity index (χ2n) is 6.68. The summed E-state index contributed by atoms with van der Waals surface area (Å²) in [5.74, 6) is 1.52. The number of rotatable bonds is 10. The summed E-state index contributed by atoms with van der Waals surface area (Å²) < 4.78 is 5.51. The molecule has 2 rings (SSSR count). The molecule has 1 heterocycles. The van der Waals surface area contributed by atoms with E-state index in [-0.39, 0.29) is 0 Å². The third kappa shape index (κ3) is 8.53. The SMILES string of the molecule is CCNC(=NCC(O)COCC1CC1)NCCN1CCCCC1. The highest BCUT2D eigenvalue weighted by Crippen LogP contribution is 2.28. The number of aliphatic hydroxyl groups is 1. The molecule has 134 valence electrons. The van der Waals surface area contributed by atoms with Crippen LogP contribution < -0.4 is 10.6 Å². The van der Waals surface area contributed by atoms with E-state index in [1.165, 1.54) is 45.2 Å². The molecular formula is C17H34N4O2. The first-order valence-corrected chi connectivity index (χ1v) is 9.28. The maximum Gasteiger partial charge on any atom is 0.191 e. The lowest BCUT2D eigenvalue weighted by atomic mass is 10.1. The van der Waals surface area contributed by atoms with Gasteiger partial charge in [0, 0.05) is 26.2 Å². The van der Waals surface area contributed by atoms with Gasteiger partial charge in [-0.05, 0) is 51.6 Å². The molecule has 0 aromatic rings. The van der Waals surface area contributed by atoms with Crippen LogP contribution in [0, 0.1) is 5.92 Å². The van der Waals surface area contributed by atoms with Crippen molar-refractivity contribution in [2.75, 3.05) is 52.5 Å². The highest BCUT2D eigenvalue weighted by Gasteiger charge is 2.21. The van der Waals surface area contributed by atoms with Crippen molar-refractivity contribution in [1.82, 2.24) is 15.5 Å². The molecule has 0 aromatic carbocycles. The zero-order valence-electron chi connectivity index (χ0n) is 14.6. The Labute approximate surface area is 140 Å². The lowest BCUT2D eigenvalue weighted by molar-refractivity contribution is 0.0368. The molecule has 0 radical (unpaired) electrons. The lowest BCUT2D eigenvalue weighted by Crippen LogP contribution is -2.43. The highest BCUT2D eigenvalue weighted by molar-refractivity contribution is 5.79. The molecule has 6 nitrogen and oxygen atoms in total. The van der Waals surface area contributed by atoms with Gasteiger partial charge in [-0.15, -0.1) is 0 Å². The van der Waals surface area contributed by atoms with E-state index in [0.717, 1.165) is 38.1 Å². The fourth-order valence-electron chi connectivity index (χ4n) is 2.76. The molecule has 1 unspecified atom stereocenters. The average Bonchev–Trinajstić information content (AvgIpc) is 3.38. The number of aliphatic imine (C=N–C) groups is 1. The first-order chi connectivity index (χ1) is 11.3. The van der Waals surface area contributed by atoms with Crippen LogP contribution in [0.3, 0.4) is 0 Å². The van der Waals surface area contributed by atoms with Crippen molar-refractivity contribution in [2.45, 2.75) is 45.1 Å². The van der Waals surface area contributed by atoms with Gasteiger partial charge in [-0.1, -0.05) is 6.42 Å². The number of likely N-dealkylation sites (tertiary alicyclic amines) is 1. The van der Waals surface area contributed by atoms with Crippen LogP contribution in [0.15, 0.2) is 4.99 Å². The van der Waals surface area contributed by atoms with Crippen molar-refractivity contribution in [2.24, 2.45) is 10.9 Å². The molecule has 0 spiro atoms. The second kappa shape index (κ2) is 10.8. The zero-order valence-corrected chi connectivity index (χ0v) is 14.6. The third-order valence-corrected chi connectivity index (χ3v) is 4.33. The summed E-state index contributed by atoms with van der Waals surface area (Å²) in [6.45, 7) is 8.79. The molecule has 1 aliphatic heterocycles. The number of ether oxygens (including phenoxy) is 1. The van der Waals surface area contributed by atoms with Gasteiger partial charge in [-0.3, -0.25) is 4.99 Å². The minimum absolute atomic E-state index is 0.379. The van der Waals surface area contributed by atoms with Gasteiger partial charge in [-0.2, -0.15) is 0 Å². The Bertz CT molecular complexity index is 341. The molecule has 1 atom stereocenters. The van der Waals surface area contributed by atoms with Crippen LogP contribution in [-0.4, -0.2) is 74.6 Å². The van der Waals surface area contributed by atoms with Crippen LogP contribution in [0.25, 0.3) is 0 Å². The van der Waals surface area contributed by atoms with Crippen LogP contribution in [-0.2, 0) is 4.74 Å². The maximum absolute atomic E-state index is 9.93. The molecule has 0 aromatic heterocycles. The number of hydrogen-bond acceptors (Lipinski definition) is 4. The van der Waals surface area contributed by atoms with Crippen LogP contribution in [0.5, 0.6) is 0 Å². The van der Waals surface area contributed by atoms with E-state index in [9.17, 15) is 5.11 Å². The van der Waals surface area contributed by atoms with Crippen molar-refractivity contribution < 1.29 is 9.84 Å². The first-order valence-electron chi connectivity index (χ1n) is 9.28. The van der Waals surface area contributed by atoms with Gasteiger partial charge in [0.05, 0.1) is 19.3 Å². The standard InChI is InChI=1S/C17H34N4O2/c1-2-18-17(19-8-11-21-9-4-3-5-10-21)20-12-16(22)14-23-13-15-6-7-15/h15-16,22H,2-14H2,1H3,(H2,18,19,20). The number of hydrogen-bond donors (Lipinski definition) is 3. The first kappa shape index (κ1) is 18.5. The van der Waals surface area contributed by atoms with Crippen molar-refractivity contribution in [3.63, 3.8) is 0 Å². The molecule has 1 aliphatic carbocycles. The van der Waals surface area contributed by atoms with Crippen molar-refractivity contribution in [1.29, 1.82) is 0 Å². The summed E-state index contributed by atoms with van der Waals surface area (Å²) in [6.07, 6.45) is 6.04. The van der Waals surface area contributed by atoms with Crippen molar-refractivity contribution in [3.8, 4) is 0 Å². The van der Waals surface area contributed by atoms with E-state index in [0.29, 0.717) is 13.2 Å². The topological polar surface area (TPSA) is 69.1 Å². The number of nitrogens with one attached hydrogen (secondary N) is 2. The normalized spacial score (nSPS) is 21.2. The molecule has 2 aliphatic rings. The summed E-state index contributed by atoms with van der Waals surface area (Å²) >= 11 is 0. The summed E-state index contributed by atoms with van der Waals surface area (Å²) in [6, 6.07) is 0. The lowest BCUT2D eigenvalue weighted by Gasteiger charge is -2.26. The van der Waals surface area contributed by atoms with Gasteiger partial charge in [0.25, 0.3) is 0 Å². The highest BCUT2D eigenvalue weighted by atomic mass is 16.5. The molecule has 6 heteroatoms. The van der Waals surface area contributed by atoms with E-state index >= 15 is 0 Å². The molecule has 23 heavy (non-hydrogen) atoms. The minimum Gasteiger partial charge on any atom is -0.389 e. The van der Waals surface area contributed by atoms with Crippen LogP contribution in [0.4, 0.5) is 0 Å². The number of aliphatic hydroxyl groups excluding tert-OH is 1. The smallest absolute Gasteiger partial charge is 0.191 e. The Kier molecular flexibility index (Phi) is 8.71. The van der Waals surface area contributed by atoms with E-state index in [1.807, 2.05) is 0 Å². The fraction of sp³-hybridized carbons (Fsp3) is 0.941. The van der Waals surface area contributed by atoms with E-state index in [1.54, 1.807) is 0 Å². The zero-order chi connectivity index (χ0) is 16.3. The number of guanidine groups is 1. The van der Waals surface area contributed by atoms with E-state index < -0.39 is 6.10 Å². The Morgan fingerprint density at radius 2 is 2.04 bits per heavy atom. The van der Waals surface area contributed by atoms with Gasteiger partial charge in [0.1, 0.15) is 0 Å². The number of piperidine rings is 1. The van der Waals surface area contributed by atoms with E-state index in [2.05, 4.69) is 27.4 Å². The summed E-state index contributed by atoms with van der Waals surface area (Å²) in [7, 11) is 0. The van der Waals surface area contributed by atoms with Crippen LogP contribution in [0.2, 0.25) is 0 Å². The van der Waals surface area contributed by atoms with Crippen molar-refractivity contribution >= 4 is 5.96 Å². The van der Waals surface area contributed by atoms with Gasteiger partial charge in [-0.25, -0.2) is 0 Å². The summed E-state index contributed by atoms with van der Waals surface area (Å²) in [5, 5.41) is 16.5. The Hall–Kier alpha value is -0.850. The van der Waals surface area contributed by atoms with Crippen LogP contribution >= 0.6 is 0 Å². The molecular weight excluding hydrogens is 292 g/mol. The molecule has 2 fully saturated rings. The van der Waals surface area contributed by atoms with Gasteiger partial charge in [0.15, 0.2) is 5.96 Å². The second-order valence-corrected chi connectivity index (χ2v) is 6.68. The minimum atomic E-state index is -0.522. The Morgan fingerprint density at radius 3 is 2.74 bits per heavy atom. The quantitative estimate of drug-likeness (QED) is 0.409. The maximum atomic E-state index is 9.93. The Morgan fingerprint density at radius 1 is 1.26 bits per heavy atom. The van der Waals surface area contributed by atoms with Gasteiger partial charge in [0.2, 0.25) is 0 Å². The predicted octanol–water partition coefficient (Wildman–Crippen LogP) is 0.815. The summed E-state index contributed by atoms with van der Waals surface area (Å²) in [4.78, 5) is 6.96. The van der Waals surface area contributed by atoms with Crippen molar-refractivity contribution in [3.05, 3.63) is 0 Å². The monoisotopic (exact) mass is 326 g/mol. The molecule has 1 saturated heterocycles. The number of nitrogens with zero attached hydrogens (tertiary/aromatic N) is 2. The van der Waals surface area contributed by atoms with E-state index in [4.69, 9.17) is 4.74 Å². The average molecular weight is 326 g/mol. The molecule has 0 amide bonds. The fourth-order valence-corrected chi connectivity index (χ4v) is 2.76. The predicted molar refractivity (Wildman–Crippen MR) is 93.8 cm³/mol. The molecule has 0 bridgehead atoms. The van der Waals surface area contributed by atoms with Gasteiger partial charge >= 0.3 is 0 Å². The van der Waals surface area contributed by atoms with Crippen LogP contribution in [0.1, 0.15) is 39.0 Å².